The van der Waals surface area contributed by atoms with E-state index >= 15 is 0 Å². The Labute approximate surface area is 137 Å². The molecule has 0 radical (unpaired) electrons. The van der Waals surface area contributed by atoms with E-state index in [0.29, 0.717) is 5.56 Å². The second kappa shape index (κ2) is 7.36. The van der Waals surface area contributed by atoms with E-state index in [1.165, 1.54) is 49.6 Å². The third-order valence-electron chi connectivity index (χ3n) is 3.30. The van der Waals surface area contributed by atoms with E-state index in [1.54, 1.807) is 6.08 Å². The first-order valence-corrected chi connectivity index (χ1v) is 6.85. The summed E-state index contributed by atoms with van der Waals surface area (Å²) in [4.78, 5) is 21.8. The summed E-state index contributed by atoms with van der Waals surface area (Å²) in [6.07, 6.45) is 3.04. The number of hydrogen-bond donors (Lipinski definition) is 0. The number of nitro benzene ring substituents is 1. The van der Waals surface area contributed by atoms with Gasteiger partial charge in [0.1, 0.15) is 17.1 Å². The number of rotatable bonds is 5. The van der Waals surface area contributed by atoms with E-state index in [4.69, 9.17) is 4.74 Å². The molecule has 0 aliphatic carbocycles. The van der Waals surface area contributed by atoms with Gasteiger partial charge in [-0.15, -0.1) is 0 Å². The van der Waals surface area contributed by atoms with Crippen molar-refractivity contribution in [3.8, 4) is 5.75 Å². The molecule has 0 unspecified atom stereocenters. The molecule has 0 heterocycles. The highest BCUT2D eigenvalue weighted by Gasteiger charge is 2.20. The van der Waals surface area contributed by atoms with E-state index in [9.17, 15) is 19.3 Å². The van der Waals surface area contributed by atoms with Gasteiger partial charge in [0.05, 0.1) is 19.1 Å². The lowest BCUT2D eigenvalue weighted by atomic mass is 10.1. The lowest BCUT2D eigenvalue weighted by molar-refractivity contribution is -0.384. The van der Waals surface area contributed by atoms with Crippen LogP contribution in [0.15, 0.2) is 36.4 Å². The first-order chi connectivity index (χ1) is 11.5. The van der Waals surface area contributed by atoms with Gasteiger partial charge in [-0.2, -0.15) is 0 Å². The Kier molecular flexibility index (Phi) is 5.26. The van der Waals surface area contributed by atoms with Crippen LogP contribution in [0.5, 0.6) is 5.75 Å². The quantitative estimate of drug-likeness (QED) is 0.361. The Morgan fingerprint density at radius 2 is 1.79 bits per heavy atom. The van der Waals surface area contributed by atoms with Crippen LogP contribution in [-0.4, -0.2) is 25.1 Å². The summed E-state index contributed by atoms with van der Waals surface area (Å²) in [5.74, 6) is -1.53. The number of halogens is 1. The summed E-state index contributed by atoms with van der Waals surface area (Å²) in [6, 6.07) is 8.70. The highest BCUT2D eigenvalue weighted by atomic mass is 19.1. The molecule has 6 nitrogen and oxygen atoms in total. The van der Waals surface area contributed by atoms with E-state index in [-0.39, 0.29) is 22.6 Å². The summed E-state index contributed by atoms with van der Waals surface area (Å²) < 4.78 is 24.0. The fourth-order valence-corrected chi connectivity index (χ4v) is 2.06. The molecule has 0 saturated heterocycles. The molecule has 124 valence electrons. The molecule has 2 aromatic carbocycles. The lowest BCUT2D eigenvalue weighted by Gasteiger charge is -2.09. The van der Waals surface area contributed by atoms with Crippen molar-refractivity contribution in [1.82, 2.24) is 0 Å². The molecule has 0 bridgehead atoms. The van der Waals surface area contributed by atoms with Gasteiger partial charge in [0.15, 0.2) is 0 Å². The van der Waals surface area contributed by atoms with Crippen LogP contribution in [0.2, 0.25) is 0 Å². The number of non-ortho nitro benzene ring substituents is 1. The third-order valence-corrected chi connectivity index (χ3v) is 3.30. The molecule has 2 rings (SSSR count). The van der Waals surface area contributed by atoms with Crippen molar-refractivity contribution >= 4 is 23.8 Å². The number of carbonyl (C=O) groups is 1. The average Bonchev–Trinajstić information content (AvgIpc) is 2.60. The van der Waals surface area contributed by atoms with Crippen LogP contribution < -0.4 is 4.74 Å². The van der Waals surface area contributed by atoms with Crippen LogP contribution in [-0.2, 0) is 4.74 Å². The van der Waals surface area contributed by atoms with Crippen LogP contribution in [0.3, 0.4) is 0 Å². The highest BCUT2D eigenvalue weighted by molar-refractivity contribution is 5.94. The standard InChI is InChI=1S/C17H14FNO5/c1-23-14-10-7-12(16(18)15(14)17(20)24-2)6-3-11-4-8-13(9-5-11)19(21)22/h3-10H,1-2H3/b6-3+. The van der Waals surface area contributed by atoms with Gasteiger partial charge in [-0.05, 0) is 29.8 Å². The number of methoxy groups -OCH3 is 2. The number of ether oxygens (including phenoxy) is 2. The molecule has 0 fully saturated rings. The fourth-order valence-electron chi connectivity index (χ4n) is 2.06. The molecule has 0 aromatic heterocycles. The SMILES string of the molecule is COC(=O)c1c(OC)ccc(/C=C/c2ccc([N+](=O)[O-])cc2)c1F. The van der Waals surface area contributed by atoms with Crippen molar-refractivity contribution in [1.29, 1.82) is 0 Å². The Balaban J connectivity index is 2.35. The monoisotopic (exact) mass is 331 g/mol. The van der Waals surface area contributed by atoms with Gasteiger partial charge in [-0.1, -0.05) is 12.2 Å². The predicted octanol–water partition coefficient (Wildman–Crippen LogP) is 3.70. The highest BCUT2D eigenvalue weighted by Crippen LogP contribution is 2.26. The second-order valence-corrected chi connectivity index (χ2v) is 4.72. The normalized spacial score (nSPS) is 10.6. The van der Waals surface area contributed by atoms with Gasteiger partial charge >= 0.3 is 5.97 Å². The number of esters is 1. The number of benzene rings is 2. The average molecular weight is 331 g/mol. The Morgan fingerprint density at radius 3 is 2.33 bits per heavy atom. The number of hydrogen-bond acceptors (Lipinski definition) is 5. The summed E-state index contributed by atoms with van der Waals surface area (Å²) in [6.45, 7) is 0. The summed E-state index contributed by atoms with van der Waals surface area (Å²) in [5, 5.41) is 10.6. The van der Waals surface area contributed by atoms with Gasteiger partial charge < -0.3 is 9.47 Å². The van der Waals surface area contributed by atoms with E-state index in [1.807, 2.05) is 0 Å². The lowest BCUT2D eigenvalue weighted by Crippen LogP contribution is -2.08. The van der Waals surface area contributed by atoms with E-state index in [0.717, 1.165) is 7.11 Å². The first kappa shape index (κ1) is 17.1. The predicted molar refractivity (Wildman–Crippen MR) is 86.3 cm³/mol. The zero-order valence-electron chi connectivity index (χ0n) is 13.0. The minimum atomic E-state index is -0.838. The van der Waals surface area contributed by atoms with Crippen molar-refractivity contribution in [3.63, 3.8) is 0 Å². The molecule has 7 heteroatoms. The molecule has 0 N–H and O–H groups in total. The van der Waals surface area contributed by atoms with Crippen molar-refractivity contribution in [2.75, 3.05) is 14.2 Å². The molecule has 24 heavy (non-hydrogen) atoms. The zero-order chi connectivity index (χ0) is 17.7. The van der Waals surface area contributed by atoms with Gasteiger partial charge in [-0.25, -0.2) is 9.18 Å². The number of nitro groups is 1. The summed E-state index contributed by atoms with van der Waals surface area (Å²) >= 11 is 0. The van der Waals surface area contributed by atoms with Crippen LogP contribution in [0.4, 0.5) is 10.1 Å². The van der Waals surface area contributed by atoms with E-state index in [2.05, 4.69) is 4.74 Å². The van der Waals surface area contributed by atoms with Gasteiger partial charge in [0.2, 0.25) is 0 Å². The molecule has 0 atom stereocenters. The Morgan fingerprint density at radius 1 is 1.12 bits per heavy atom. The Bertz CT molecular complexity index is 799. The minimum Gasteiger partial charge on any atom is -0.496 e. The smallest absolute Gasteiger partial charge is 0.344 e. The van der Waals surface area contributed by atoms with Crippen molar-refractivity contribution in [2.45, 2.75) is 0 Å². The van der Waals surface area contributed by atoms with Crippen molar-refractivity contribution in [3.05, 3.63) is 69.0 Å². The van der Waals surface area contributed by atoms with Gasteiger partial charge in [0, 0.05) is 17.7 Å². The topological polar surface area (TPSA) is 78.7 Å². The van der Waals surface area contributed by atoms with Crippen LogP contribution in [0.1, 0.15) is 21.5 Å². The number of nitrogens with zero attached hydrogens (tertiary/aromatic N) is 1. The van der Waals surface area contributed by atoms with Crippen molar-refractivity contribution < 1.29 is 23.6 Å². The van der Waals surface area contributed by atoms with Crippen LogP contribution in [0, 0.1) is 15.9 Å². The molecule has 2 aromatic rings. The van der Waals surface area contributed by atoms with Crippen LogP contribution in [0.25, 0.3) is 12.2 Å². The molecular weight excluding hydrogens is 317 g/mol. The van der Waals surface area contributed by atoms with Crippen LogP contribution >= 0.6 is 0 Å². The summed E-state index contributed by atoms with van der Waals surface area (Å²) in [5.41, 5.74) is 0.492. The maximum Gasteiger partial charge on any atom is 0.344 e. The largest absolute Gasteiger partial charge is 0.496 e. The van der Waals surface area contributed by atoms with Crippen molar-refractivity contribution in [2.24, 2.45) is 0 Å². The maximum atomic E-state index is 14.5. The molecule has 0 spiro atoms. The third kappa shape index (κ3) is 3.57. The first-order valence-electron chi connectivity index (χ1n) is 6.85. The van der Waals surface area contributed by atoms with Gasteiger partial charge in [-0.3, -0.25) is 10.1 Å². The van der Waals surface area contributed by atoms with E-state index < -0.39 is 16.7 Å². The fraction of sp³-hybridized carbons (Fsp3) is 0.118. The molecule has 0 amide bonds. The zero-order valence-corrected chi connectivity index (χ0v) is 13.0. The molecule has 0 aliphatic heterocycles. The second-order valence-electron chi connectivity index (χ2n) is 4.72. The molecular formula is C17H14FNO5. The molecule has 0 saturated carbocycles. The summed E-state index contributed by atoms with van der Waals surface area (Å²) in [7, 11) is 2.48. The van der Waals surface area contributed by atoms with Gasteiger partial charge in [0.25, 0.3) is 5.69 Å². The maximum absolute atomic E-state index is 14.5. The Hall–Kier alpha value is -3.22. The number of carbonyl (C=O) groups excluding carboxylic acids is 1. The minimum absolute atomic E-state index is 0.0317. The molecule has 0 aliphatic rings.